The van der Waals surface area contributed by atoms with E-state index in [4.69, 9.17) is 8.83 Å². The molecule has 3 heteroatoms. The van der Waals surface area contributed by atoms with Crippen LogP contribution in [0.1, 0.15) is 22.3 Å². The molecule has 3 nitrogen and oxygen atoms in total. The molecule has 0 aliphatic heterocycles. The highest BCUT2D eigenvalue weighted by molar-refractivity contribution is 6.13. The van der Waals surface area contributed by atoms with Crippen LogP contribution < -0.4 is 15.5 Å². The zero-order valence-corrected chi connectivity index (χ0v) is 31.6. The van der Waals surface area contributed by atoms with E-state index in [1.807, 2.05) is 18.2 Å². The van der Waals surface area contributed by atoms with E-state index >= 15 is 0 Å². The quantitative estimate of drug-likeness (QED) is 0.176. The number of rotatable bonds is 5. The topological polar surface area (TPSA) is 29.5 Å². The smallest absolute Gasteiger partial charge is 0.143 e. The summed E-state index contributed by atoms with van der Waals surface area (Å²) in [7, 11) is 0. The van der Waals surface area contributed by atoms with Crippen LogP contribution in [0.3, 0.4) is 0 Å². The third-order valence-electron chi connectivity index (χ3n) is 12.4. The van der Waals surface area contributed by atoms with Crippen LogP contribution in [0.15, 0.2) is 197 Å². The molecule has 0 radical (unpaired) electrons. The summed E-state index contributed by atoms with van der Waals surface area (Å²) in [6, 6.07) is 63.7. The van der Waals surface area contributed by atoms with Gasteiger partial charge in [0.25, 0.3) is 0 Å². The molecule has 12 rings (SSSR count). The van der Waals surface area contributed by atoms with Crippen molar-refractivity contribution in [3.05, 3.63) is 221 Å². The summed E-state index contributed by atoms with van der Waals surface area (Å²) >= 11 is 0. The number of nitrogens with zero attached hydrogens (tertiary/aromatic N) is 1. The fraction of sp³-hybridized carbons (Fsp3) is 0.0182. The largest absolute Gasteiger partial charge is 0.457 e. The highest BCUT2D eigenvalue weighted by atomic mass is 16.3. The number of allylic oxidation sites excluding steroid dienone is 1. The predicted octanol–water partition coefficient (Wildman–Crippen LogP) is 13.2. The molecule has 1 spiro atoms. The molecule has 8 aromatic carbocycles. The van der Waals surface area contributed by atoms with Gasteiger partial charge in [0.1, 0.15) is 22.2 Å². The first kappa shape index (κ1) is 32.6. The van der Waals surface area contributed by atoms with Crippen molar-refractivity contribution < 1.29 is 8.83 Å². The Labute approximate surface area is 335 Å². The second kappa shape index (κ2) is 12.2. The summed E-state index contributed by atoms with van der Waals surface area (Å²) in [4.78, 5) is 2.35. The van der Waals surface area contributed by atoms with Gasteiger partial charge in [0, 0.05) is 44.0 Å². The summed E-state index contributed by atoms with van der Waals surface area (Å²) in [6.45, 7) is 8.16. The lowest BCUT2D eigenvalue weighted by Gasteiger charge is -2.31. The molecule has 0 saturated carbocycles. The van der Waals surface area contributed by atoms with Crippen LogP contribution in [0.5, 0.6) is 0 Å². The maximum absolute atomic E-state index is 6.75. The summed E-state index contributed by atoms with van der Waals surface area (Å²) in [6.07, 6.45) is 3.76. The van der Waals surface area contributed by atoms with Crippen LogP contribution in [-0.2, 0) is 5.41 Å². The zero-order valence-electron chi connectivity index (χ0n) is 31.6. The van der Waals surface area contributed by atoms with Crippen molar-refractivity contribution in [1.82, 2.24) is 0 Å². The van der Waals surface area contributed by atoms with Gasteiger partial charge in [-0.05, 0) is 98.6 Å². The van der Waals surface area contributed by atoms with E-state index in [2.05, 4.69) is 182 Å². The molecule has 0 saturated heterocycles. The number of anilines is 3. The number of furan rings is 2. The first-order valence-electron chi connectivity index (χ1n) is 19.7. The average molecular weight is 742 g/mol. The van der Waals surface area contributed by atoms with Gasteiger partial charge in [0.15, 0.2) is 0 Å². The second-order valence-electron chi connectivity index (χ2n) is 15.3. The number of hydrogen-bond donors (Lipinski definition) is 0. The van der Waals surface area contributed by atoms with Crippen molar-refractivity contribution in [3.63, 3.8) is 0 Å². The average Bonchev–Trinajstić information content (AvgIpc) is 3.99. The molecule has 2 aromatic heterocycles. The minimum Gasteiger partial charge on any atom is -0.457 e. The molecule has 58 heavy (non-hydrogen) atoms. The normalized spacial score (nSPS) is 15.2. The molecule has 272 valence electrons. The molecule has 0 bridgehead atoms. The van der Waals surface area contributed by atoms with E-state index in [1.54, 1.807) is 6.08 Å². The molecule has 2 aliphatic rings. The van der Waals surface area contributed by atoms with Crippen LogP contribution in [0.25, 0.3) is 78.9 Å². The van der Waals surface area contributed by atoms with Gasteiger partial charge in [-0.15, -0.1) is 0 Å². The predicted molar refractivity (Wildman–Crippen MR) is 239 cm³/mol. The SMILES string of the molecule is C=C/C=c1\c(=C)oc2ccc(N(c3ccc(-c4ccccc4)cc3)c3ccc4c(c3)-c3ccccc3C43c4ccccc4-c4c3ccc3c4oc4ccccc43)cc12. The van der Waals surface area contributed by atoms with Gasteiger partial charge in [-0.2, -0.15) is 0 Å². The Morgan fingerprint density at radius 1 is 0.466 bits per heavy atom. The Morgan fingerprint density at radius 2 is 1.09 bits per heavy atom. The maximum Gasteiger partial charge on any atom is 0.143 e. The van der Waals surface area contributed by atoms with Crippen LogP contribution >= 0.6 is 0 Å². The minimum atomic E-state index is -0.513. The first-order valence-corrected chi connectivity index (χ1v) is 19.7. The first-order chi connectivity index (χ1) is 28.6. The van der Waals surface area contributed by atoms with E-state index in [0.29, 0.717) is 5.42 Å². The monoisotopic (exact) mass is 741 g/mol. The highest BCUT2D eigenvalue weighted by Gasteiger charge is 2.52. The maximum atomic E-state index is 6.75. The van der Waals surface area contributed by atoms with Crippen molar-refractivity contribution in [1.29, 1.82) is 0 Å². The van der Waals surface area contributed by atoms with Crippen molar-refractivity contribution >= 4 is 62.6 Å². The van der Waals surface area contributed by atoms with Crippen molar-refractivity contribution in [3.8, 4) is 33.4 Å². The van der Waals surface area contributed by atoms with E-state index < -0.39 is 5.41 Å². The molecule has 1 unspecified atom stereocenters. The van der Waals surface area contributed by atoms with Crippen molar-refractivity contribution in [2.75, 3.05) is 4.90 Å². The van der Waals surface area contributed by atoms with E-state index in [0.717, 1.165) is 55.2 Å². The van der Waals surface area contributed by atoms with Gasteiger partial charge in [-0.1, -0.05) is 153 Å². The summed E-state index contributed by atoms with van der Waals surface area (Å²) in [5, 5.41) is 4.22. The lowest BCUT2D eigenvalue weighted by atomic mass is 9.70. The van der Waals surface area contributed by atoms with Crippen LogP contribution in [-0.4, -0.2) is 0 Å². The lowest BCUT2D eigenvalue weighted by molar-refractivity contribution is 0.577. The lowest BCUT2D eigenvalue weighted by Crippen LogP contribution is -2.25. The van der Waals surface area contributed by atoms with Crippen LogP contribution in [0.4, 0.5) is 17.1 Å². The second-order valence-corrected chi connectivity index (χ2v) is 15.3. The fourth-order valence-corrected chi connectivity index (χ4v) is 10.0. The molecule has 10 aromatic rings. The molecule has 0 N–H and O–H groups in total. The van der Waals surface area contributed by atoms with Gasteiger partial charge in [-0.3, -0.25) is 0 Å². The molecule has 2 heterocycles. The molecule has 1 atom stereocenters. The van der Waals surface area contributed by atoms with Crippen LogP contribution in [0.2, 0.25) is 0 Å². The minimum absolute atomic E-state index is 0.513. The Morgan fingerprint density at radius 3 is 1.91 bits per heavy atom. The van der Waals surface area contributed by atoms with Gasteiger partial charge in [-0.25, -0.2) is 0 Å². The van der Waals surface area contributed by atoms with Gasteiger partial charge in [0.05, 0.1) is 5.41 Å². The van der Waals surface area contributed by atoms with E-state index in [-0.39, 0.29) is 0 Å². The van der Waals surface area contributed by atoms with Crippen molar-refractivity contribution in [2.45, 2.75) is 5.41 Å². The number of fused-ring (bicyclic) bond motifs is 15. The Kier molecular flexibility index (Phi) is 6.85. The Balaban J connectivity index is 1.10. The Hall–Kier alpha value is -7.62. The van der Waals surface area contributed by atoms with E-state index in [1.165, 1.54) is 55.6 Å². The number of hydrogen-bond acceptors (Lipinski definition) is 3. The summed E-state index contributed by atoms with van der Waals surface area (Å²) in [5.41, 5.74) is 18.2. The molecular weight excluding hydrogens is 707 g/mol. The zero-order chi connectivity index (χ0) is 38.5. The molecule has 0 amide bonds. The standard InChI is InChI=1S/C55H35NO2/c1-3-13-40-34(2)57-52-31-27-39(33-46(40)52)56(37-24-22-36(23-25-37)35-14-5-4-6-15-35)38-26-29-49-45(32-38)41-16-7-10-19-47(41)55(49)48-20-11-8-18-44(48)53-50(55)30-28-43-42-17-9-12-21-51(42)58-54(43)53/h3-33H,1-2H2/b40-13+. The van der Waals surface area contributed by atoms with Gasteiger partial charge >= 0.3 is 0 Å². The fourth-order valence-electron chi connectivity index (χ4n) is 10.0. The molecule has 0 fully saturated rings. The number of benzene rings is 8. The molecule has 2 aliphatic carbocycles. The number of para-hydroxylation sites is 1. The van der Waals surface area contributed by atoms with Crippen LogP contribution in [0, 0.1) is 0 Å². The van der Waals surface area contributed by atoms with Crippen molar-refractivity contribution in [2.24, 2.45) is 0 Å². The third kappa shape index (κ3) is 4.38. The highest BCUT2D eigenvalue weighted by Crippen LogP contribution is 2.64. The van der Waals surface area contributed by atoms with Gasteiger partial charge in [0.2, 0.25) is 0 Å². The Bertz CT molecular complexity index is 3440. The van der Waals surface area contributed by atoms with Gasteiger partial charge < -0.3 is 13.7 Å². The molecular formula is C55H35NO2. The van der Waals surface area contributed by atoms with E-state index in [9.17, 15) is 0 Å². The summed E-state index contributed by atoms with van der Waals surface area (Å²) < 4.78 is 12.8. The third-order valence-corrected chi connectivity index (χ3v) is 12.4. The summed E-state index contributed by atoms with van der Waals surface area (Å²) in [5.74, 6) is 0.